The van der Waals surface area contributed by atoms with Crippen LogP contribution in [0.25, 0.3) is 6.08 Å². The van der Waals surface area contributed by atoms with E-state index >= 15 is 0 Å². The Bertz CT molecular complexity index is 804. The van der Waals surface area contributed by atoms with E-state index in [1.54, 1.807) is 42.5 Å². The average molecular weight is 375 g/mol. The zero-order valence-electron chi connectivity index (χ0n) is 13.6. The molecule has 0 radical (unpaired) electrons. The molecule has 1 N–H and O–H groups in total. The summed E-state index contributed by atoms with van der Waals surface area (Å²) in [5, 5.41) is 12.4. The molecule has 4 nitrogen and oxygen atoms in total. The van der Waals surface area contributed by atoms with Gasteiger partial charge in [-0.1, -0.05) is 48.3 Å². The Morgan fingerprint density at radius 1 is 1.20 bits per heavy atom. The second kappa shape index (κ2) is 9.12. The van der Waals surface area contributed by atoms with Crippen LogP contribution in [0.15, 0.2) is 48.0 Å². The second-order valence-corrected chi connectivity index (χ2v) is 5.95. The molecule has 0 fully saturated rings. The van der Waals surface area contributed by atoms with Crippen LogP contribution in [0.1, 0.15) is 18.9 Å². The average Bonchev–Trinajstić information content (AvgIpc) is 2.62. The lowest BCUT2D eigenvalue weighted by Crippen LogP contribution is -2.14. The number of hydrogen-bond acceptors (Lipinski definition) is 3. The first kappa shape index (κ1) is 18.9. The second-order valence-electron chi connectivity index (χ2n) is 5.14. The maximum absolute atomic E-state index is 12.3. The zero-order valence-corrected chi connectivity index (χ0v) is 15.1. The van der Waals surface area contributed by atoms with E-state index in [1.807, 2.05) is 13.0 Å². The van der Waals surface area contributed by atoms with Crippen molar-refractivity contribution in [2.75, 3.05) is 11.9 Å². The highest BCUT2D eigenvalue weighted by Crippen LogP contribution is 2.30. The molecular weight excluding hydrogens is 359 g/mol. The standard InChI is InChI=1S/C19H16Cl2N2O2/c1-2-10-25-15-8-6-13(7-9-15)11-14(12-22)19(24)23-18-16(20)4-3-5-17(18)21/h3-9,11H,2,10H2,1H3,(H,23,24)/b14-11+. The van der Waals surface area contributed by atoms with Crippen molar-refractivity contribution in [3.8, 4) is 11.8 Å². The van der Waals surface area contributed by atoms with Gasteiger partial charge in [0.1, 0.15) is 17.4 Å². The van der Waals surface area contributed by atoms with Gasteiger partial charge in [-0.3, -0.25) is 4.79 Å². The number of benzene rings is 2. The molecule has 0 spiro atoms. The summed E-state index contributed by atoms with van der Waals surface area (Å²) in [6.45, 7) is 2.67. The molecule has 25 heavy (non-hydrogen) atoms. The Hall–Kier alpha value is -2.48. The summed E-state index contributed by atoms with van der Waals surface area (Å²) in [6.07, 6.45) is 2.41. The van der Waals surface area contributed by atoms with Crippen molar-refractivity contribution >= 4 is 40.9 Å². The van der Waals surface area contributed by atoms with Crippen molar-refractivity contribution in [3.05, 3.63) is 63.6 Å². The topological polar surface area (TPSA) is 62.1 Å². The molecule has 0 saturated carbocycles. The van der Waals surface area contributed by atoms with Gasteiger partial charge in [0.15, 0.2) is 0 Å². The Labute approximate surface area is 156 Å². The van der Waals surface area contributed by atoms with Crippen molar-refractivity contribution < 1.29 is 9.53 Å². The molecule has 0 heterocycles. The number of halogens is 2. The Kier molecular flexibility index (Phi) is 6.88. The lowest BCUT2D eigenvalue weighted by atomic mass is 10.1. The number of rotatable bonds is 6. The van der Waals surface area contributed by atoms with Crippen molar-refractivity contribution in [1.29, 1.82) is 5.26 Å². The molecule has 0 aliphatic rings. The van der Waals surface area contributed by atoms with Crippen LogP contribution in [0.4, 0.5) is 5.69 Å². The first-order chi connectivity index (χ1) is 12.0. The smallest absolute Gasteiger partial charge is 0.266 e. The van der Waals surface area contributed by atoms with Gasteiger partial charge in [-0.25, -0.2) is 0 Å². The van der Waals surface area contributed by atoms with Crippen LogP contribution in [0, 0.1) is 11.3 Å². The van der Waals surface area contributed by atoms with E-state index in [2.05, 4.69) is 5.32 Å². The maximum atomic E-state index is 12.3. The van der Waals surface area contributed by atoms with Crippen LogP contribution in [0.5, 0.6) is 5.75 Å². The summed E-state index contributed by atoms with van der Waals surface area (Å²) < 4.78 is 5.50. The maximum Gasteiger partial charge on any atom is 0.266 e. The molecule has 0 aliphatic heterocycles. The first-order valence-corrected chi connectivity index (χ1v) is 8.40. The van der Waals surface area contributed by atoms with Crippen LogP contribution in [-0.4, -0.2) is 12.5 Å². The number of ether oxygens (including phenoxy) is 1. The highest BCUT2D eigenvalue weighted by atomic mass is 35.5. The van der Waals surface area contributed by atoms with Gasteiger partial charge >= 0.3 is 0 Å². The highest BCUT2D eigenvalue weighted by Gasteiger charge is 2.13. The number of nitrogens with zero attached hydrogens (tertiary/aromatic N) is 1. The fourth-order valence-electron chi connectivity index (χ4n) is 1.99. The summed E-state index contributed by atoms with van der Waals surface area (Å²) in [5.41, 5.74) is 0.930. The third-order valence-electron chi connectivity index (χ3n) is 3.23. The number of carbonyl (C=O) groups is 1. The number of carbonyl (C=O) groups excluding carboxylic acids is 1. The minimum atomic E-state index is -0.580. The highest BCUT2D eigenvalue weighted by molar-refractivity contribution is 6.40. The quantitative estimate of drug-likeness (QED) is 0.549. The van der Waals surface area contributed by atoms with Crippen molar-refractivity contribution in [3.63, 3.8) is 0 Å². The normalized spacial score (nSPS) is 10.9. The fourth-order valence-corrected chi connectivity index (χ4v) is 2.49. The zero-order chi connectivity index (χ0) is 18.2. The number of amides is 1. The SMILES string of the molecule is CCCOc1ccc(/C=C(\C#N)C(=O)Nc2c(Cl)cccc2Cl)cc1. The summed E-state index contributed by atoms with van der Waals surface area (Å²) in [5.74, 6) is 0.161. The minimum Gasteiger partial charge on any atom is -0.494 e. The van der Waals surface area contributed by atoms with E-state index in [1.165, 1.54) is 6.08 Å². The molecule has 128 valence electrons. The van der Waals surface area contributed by atoms with Crippen LogP contribution in [-0.2, 0) is 4.79 Å². The predicted molar refractivity (Wildman–Crippen MR) is 101 cm³/mol. The van der Waals surface area contributed by atoms with E-state index in [9.17, 15) is 10.1 Å². The summed E-state index contributed by atoms with van der Waals surface area (Å²) in [4.78, 5) is 12.3. The molecule has 2 aromatic rings. The van der Waals surface area contributed by atoms with Gasteiger partial charge in [-0.2, -0.15) is 5.26 Å². The summed E-state index contributed by atoms with van der Waals surface area (Å²) >= 11 is 12.1. The van der Waals surface area contributed by atoms with Gasteiger partial charge < -0.3 is 10.1 Å². The molecule has 2 aromatic carbocycles. The number of anilines is 1. The van der Waals surface area contributed by atoms with Crippen molar-refractivity contribution in [1.82, 2.24) is 0 Å². The van der Waals surface area contributed by atoms with Gasteiger partial charge in [0, 0.05) is 0 Å². The molecule has 1 amide bonds. The molecule has 0 unspecified atom stereocenters. The lowest BCUT2D eigenvalue weighted by molar-refractivity contribution is -0.112. The number of nitrogens with one attached hydrogen (secondary N) is 1. The molecular formula is C19H16Cl2N2O2. The predicted octanol–water partition coefficient (Wildman–Crippen LogP) is 5.33. The summed E-state index contributed by atoms with van der Waals surface area (Å²) in [7, 11) is 0. The van der Waals surface area contributed by atoms with E-state index in [4.69, 9.17) is 27.9 Å². The van der Waals surface area contributed by atoms with Gasteiger partial charge in [0.2, 0.25) is 0 Å². The van der Waals surface area contributed by atoms with E-state index in [0.29, 0.717) is 22.2 Å². The monoisotopic (exact) mass is 374 g/mol. The van der Waals surface area contributed by atoms with E-state index in [0.717, 1.165) is 12.2 Å². The Balaban J connectivity index is 2.17. The molecule has 0 saturated heterocycles. The van der Waals surface area contributed by atoms with Gasteiger partial charge in [-0.15, -0.1) is 0 Å². The fraction of sp³-hybridized carbons (Fsp3) is 0.158. The largest absolute Gasteiger partial charge is 0.494 e. The molecule has 0 aliphatic carbocycles. The third-order valence-corrected chi connectivity index (χ3v) is 3.86. The van der Waals surface area contributed by atoms with Gasteiger partial charge in [-0.05, 0) is 42.3 Å². The molecule has 0 aromatic heterocycles. The van der Waals surface area contributed by atoms with Crippen LogP contribution < -0.4 is 10.1 Å². The van der Waals surface area contributed by atoms with Gasteiger partial charge in [0.05, 0.1) is 22.3 Å². The number of para-hydroxylation sites is 1. The Morgan fingerprint density at radius 2 is 1.84 bits per heavy atom. The lowest BCUT2D eigenvalue weighted by Gasteiger charge is -2.08. The first-order valence-electron chi connectivity index (χ1n) is 7.65. The molecule has 6 heteroatoms. The van der Waals surface area contributed by atoms with Crippen molar-refractivity contribution in [2.45, 2.75) is 13.3 Å². The molecule has 0 atom stereocenters. The minimum absolute atomic E-state index is 0.0572. The van der Waals surface area contributed by atoms with Gasteiger partial charge in [0.25, 0.3) is 5.91 Å². The number of nitriles is 1. The Morgan fingerprint density at radius 3 is 2.40 bits per heavy atom. The van der Waals surface area contributed by atoms with E-state index < -0.39 is 5.91 Å². The van der Waals surface area contributed by atoms with Crippen molar-refractivity contribution in [2.24, 2.45) is 0 Å². The third kappa shape index (κ3) is 5.25. The summed E-state index contributed by atoms with van der Waals surface area (Å²) in [6, 6.07) is 13.9. The van der Waals surface area contributed by atoms with Crippen LogP contribution in [0.2, 0.25) is 10.0 Å². The molecule has 0 bridgehead atoms. The molecule has 2 rings (SSSR count). The van der Waals surface area contributed by atoms with E-state index in [-0.39, 0.29) is 11.3 Å². The van der Waals surface area contributed by atoms with Crippen LogP contribution in [0.3, 0.4) is 0 Å². The number of hydrogen-bond donors (Lipinski definition) is 1. The van der Waals surface area contributed by atoms with Crippen LogP contribution >= 0.6 is 23.2 Å².